The summed E-state index contributed by atoms with van der Waals surface area (Å²) in [6.45, 7) is 21.7. The molecule has 0 aliphatic carbocycles. The van der Waals surface area contributed by atoms with Gasteiger partial charge in [0.1, 0.15) is 0 Å². The molecule has 2 N–H and O–H groups in total. The minimum absolute atomic E-state index is 0.115. The highest BCUT2D eigenvalue weighted by Crippen LogP contribution is 2.12. The smallest absolute Gasteiger partial charge is 0.0137 e. The van der Waals surface area contributed by atoms with E-state index < -0.39 is 0 Å². The largest absolute Gasteiger partial charge is 0.325 e. The third-order valence-corrected chi connectivity index (χ3v) is 1.29. The van der Waals surface area contributed by atoms with Crippen molar-refractivity contribution in [1.29, 1.82) is 0 Å². The molecule has 100 valence electrons. The van der Waals surface area contributed by atoms with Crippen LogP contribution in [0.4, 0.5) is 0 Å². The predicted molar refractivity (Wildman–Crippen MR) is 80.9 cm³/mol. The number of allylic oxidation sites excluding steroid dienone is 2. The number of nitrogens with two attached hydrogens (primary N) is 1. The standard InChI is InChI=1S/C9H17N.3C2H6/c1-5-8(6-2)7-9(3,4)10;3*1-2/h5-6H,1,7,10H2,2-4H3;3*1-2H3/b8-6+;;;. The summed E-state index contributed by atoms with van der Waals surface area (Å²) in [5.41, 5.74) is 6.90. The molecule has 0 spiro atoms. The van der Waals surface area contributed by atoms with Gasteiger partial charge in [-0.3, -0.25) is 0 Å². The van der Waals surface area contributed by atoms with Crippen molar-refractivity contribution in [3.05, 3.63) is 24.3 Å². The predicted octanol–water partition coefficient (Wildman–Crippen LogP) is 5.32. The van der Waals surface area contributed by atoms with E-state index in [-0.39, 0.29) is 5.54 Å². The lowest BCUT2D eigenvalue weighted by Gasteiger charge is -2.18. The molecule has 0 saturated carbocycles. The van der Waals surface area contributed by atoms with Gasteiger partial charge in [0.15, 0.2) is 0 Å². The summed E-state index contributed by atoms with van der Waals surface area (Å²) in [5, 5.41) is 0. The normalized spacial score (nSPS) is 9.50. The van der Waals surface area contributed by atoms with Crippen molar-refractivity contribution in [2.45, 2.75) is 74.3 Å². The maximum absolute atomic E-state index is 5.80. The number of rotatable bonds is 3. The molecule has 0 heterocycles. The van der Waals surface area contributed by atoms with Crippen LogP contribution in [-0.4, -0.2) is 5.54 Å². The van der Waals surface area contributed by atoms with Gasteiger partial charge in [-0.2, -0.15) is 0 Å². The van der Waals surface area contributed by atoms with Crippen LogP contribution in [-0.2, 0) is 0 Å². The average Bonchev–Trinajstić information content (AvgIpc) is 2.32. The molecule has 0 unspecified atom stereocenters. The van der Waals surface area contributed by atoms with Crippen LogP contribution < -0.4 is 5.73 Å². The van der Waals surface area contributed by atoms with Gasteiger partial charge in [0.05, 0.1) is 0 Å². The van der Waals surface area contributed by atoms with Crippen LogP contribution in [0.3, 0.4) is 0 Å². The van der Waals surface area contributed by atoms with Crippen molar-refractivity contribution in [1.82, 2.24) is 0 Å². The molecule has 0 aliphatic rings. The van der Waals surface area contributed by atoms with Crippen LogP contribution in [0, 0.1) is 0 Å². The maximum atomic E-state index is 5.80. The van der Waals surface area contributed by atoms with E-state index in [9.17, 15) is 0 Å². The van der Waals surface area contributed by atoms with Crippen LogP contribution >= 0.6 is 0 Å². The second-order valence-corrected chi connectivity index (χ2v) is 3.23. The summed E-state index contributed by atoms with van der Waals surface area (Å²) in [7, 11) is 0. The van der Waals surface area contributed by atoms with Gasteiger partial charge >= 0.3 is 0 Å². The fourth-order valence-electron chi connectivity index (χ4n) is 0.818. The molecule has 0 aromatic heterocycles. The second-order valence-electron chi connectivity index (χ2n) is 3.23. The van der Waals surface area contributed by atoms with Crippen molar-refractivity contribution in [2.24, 2.45) is 5.73 Å². The molecule has 0 saturated heterocycles. The minimum atomic E-state index is -0.115. The van der Waals surface area contributed by atoms with E-state index in [1.54, 1.807) is 0 Å². The first kappa shape index (κ1) is 24.6. The Morgan fingerprint density at radius 1 is 1.06 bits per heavy atom. The molecule has 16 heavy (non-hydrogen) atoms. The Labute approximate surface area is 105 Å². The second kappa shape index (κ2) is 19.9. The SMILES string of the molecule is C=C/C(=C\C)CC(C)(C)N.CC.CC.CC. The molecule has 0 fully saturated rings. The molecule has 0 radical (unpaired) electrons. The molecule has 0 aliphatic heterocycles. The van der Waals surface area contributed by atoms with Gasteiger partial charge in [0, 0.05) is 5.54 Å². The van der Waals surface area contributed by atoms with Crippen molar-refractivity contribution in [3.8, 4) is 0 Å². The molecule has 0 amide bonds. The first-order chi connectivity index (χ1) is 7.49. The third-order valence-electron chi connectivity index (χ3n) is 1.29. The number of hydrogen-bond donors (Lipinski definition) is 1. The van der Waals surface area contributed by atoms with Crippen LogP contribution in [0.5, 0.6) is 0 Å². The zero-order chi connectivity index (χ0) is 14.2. The van der Waals surface area contributed by atoms with E-state index >= 15 is 0 Å². The van der Waals surface area contributed by atoms with Gasteiger partial charge in [0.2, 0.25) is 0 Å². The van der Waals surface area contributed by atoms with E-state index in [2.05, 4.69) is 6.58 Å². The molecule has 0 rings (SSSR count). The van der Waals surface area contributed by atoms with Gasteiger partial charge in [-0.1, -0.05) is 65.8 Å². The zero-order valence-corrected chi connectivity index (χ0v) is 13.1. The molecule has 0 aromatic rings. The third kappa shape index (κ3) is 29.2. The Morgan fingerprint density at radius 2 is 1.38 bits per heavy atom. The van der Waals surface area contributed by atoms with Gasteiger partial charge < -0.3 is 5.73 Å². The highest BCUT2D eigenvalue weighted by Gasteiger charge is 2.10. The summed E-state index contributed by atoms with van der Waals surface area (Å²) in [4.78, 5) is 0. The fraction of sp³-hybridized carbons (Fsp3) is 0.733. The highest BCUT2D eigenvalue weighted by atomic mass is 14.7. The Balaban J connectivity index is -0.000000103. The molecule has 1 heteroatoms. The lowest BCUT2D eigenvalue weighted by atomic mass is 9.96. The van der Waals surface area contributed by atoms with Gasteiger partial charge in [-0.05, 0) is 27.2 Å². The maximum Gasteiger partial charge on any atom is 0.0137 e. The zero-order valence-electron chi connectivity index (χ0n) is 13.1. The Hall–Kier alpha value is -0.560. The highest BCUT2D eigenvalue weighted by molar-refractivity contribution is 5.17. The molecule has 0 aromatic carbocycles. The van der Waals surface area contributed by atoms with Crippen molar-refractivity contribution < 1.29 is 0 Å². The van der Waals surface area contributed by atoms with Crippen LogP contribution in [0.2, 0.25) is 0 Å². The Morgan fingerprint density at radius 3 is 1.44 bits per heavy atom. The van der Waals surface area contributed by atoms with Crippen LogP contribution in [0.25, 0.3) is 0 Å². The fourth-order valence-corrected chi connectivity index (χ4v) is 0.818. The summed E-state index contributed by atoms with van der Waals surface area (Å²) in [6, 6.07) is 0. The monoisotopic (exact) mass is 229 g/mol. The van der Waals surface area contributed by atoms with E-state index in [1.807, 2.05) is 74.5 Å². The minimum Gasteiger partial charge on any atom is -0.325 e. The summed E-state index contributed by atoms with van der Waals surface area (Å²) in [6.07, 6.45) is 4.79. The van der Waals surface area contributed by atoms with Gasteiger partial charge in [0.25, 0.3) is 0 Å². The van der Waals surface area contributed by atoms with Crippen molar-refractivity contribution in [3.63, 3.8) is 0 Å². The quantitative estimate of drug-likeness (QED) is 0.651. The lowest BCUT2D eigenvalue weighted by molar-refractivity contribution is 0.518. The van der Waals surface area contributed by atoms with E-state index in [0.717, 1.165) is 6.42 Å². The van der Waals surface area contributed by atoms with Gasteiger partial charge in [-0.25, -0.2) is 0 Å². The molecule has 0 atom stereocenters. The van der Waals surface area contributed by atoms with E-state index in [1.165, 1.54) is 5.57 Å². The average molecular weight is 229 g/mol. The Bertz CT molecular complexity index is 138. The first-order valence-corrected chi connectivity index (χ1v) is 6.56. The van der Waals surface area contributed by atoms with Gasteiger partial charge in [-0.15, -0.1) is 0 Å². The Kier molecular flexibility index (Phi) is 30.6. The number of hydrogen-bond acceptors (Lipinski definition) is 1. The van der Waals surface area contributed by atoms with Crippen LogP contribution in [0.1, 0.15) is 68.7 Å². The van der Waals surface area contributed by atoms with Crippen molar-refractivity contribution in [2.75, 3.05) is 0 Å². The van der Waals surface area contributed by atoms with Crippen LogP contribution in [0.15, 0.2) is 24.3 Å². The summed E-state index contributed by atoms with van der Waals surface area (Å²) in [5.74, 6) is 0. The topological polar surface area (TPSA) is 26.0 Å². The molecule has 1 nitrogen and oxygen atoms in total. The lowest BCUT2D eigenvalue weighted by Crippen LogP contribution is -2.31. The first-order valence-electron chi connectivity index (χ1n) is 6.56. The van der Waals surface area contributed by atoms with E-state index in [0.29, 0.717) is 0 Å². The molecular weight excluding hydrogens is 194 g/mol. The summed E-state index contributed by atoms with van der Waals surface area (Å²) < 4.78 is 0. The van der Waals surface area contributed by atoms with E-state index in [4.69, 9.17) is 5.73 Å². The summed E-state index contributed by atoms with van der Waals surface area (Å²) >= 11 is 0. The molecule has 0 bridgehead atoms. The van der Waals surface area contributed by atoms with Crippen molar-refractivity contribution >= 4 is 0 Å². The molecular formula is C15H35N.